The van der Waals surface area contributed by atoms with Crippen molar-refractivity contribution in [2.24, 2.45) is 0 Å². The average molecular weight is 391 g/mol. The van der Waals surface area contributed by atoms with Crippen LogP contribution in [-0.4, -0.2) is 0 Å². The highest BCUT2D eigenvalue weighted by Gasteiger charge is 2.34. The Morgan fingerprint density at radius 1 is 0.733 bits per heavy atom. The van der Waals surface area contributed by atoms with Crippen molar-refractivity contribution in [2.75, 3.05) is 4.90 Å². The minimum Gasteiger partial charge on any atom is -0.342 e. The van der Waals surface area contributed by atoms with Gasteiger partial charge in [0, 0.05) is 5.69 Å². The smallest absolute Gasteiger partial charge is 0.145 e. The lowest BCUT2D eigenvalue weighted by atomic mass is 10.00. The molecule has 0 radical (unpaired) electrons. The minimum atomic E-state index is 0.139. The molecule has 2 heteroatoms. The van der Waals surface area contributed by atoms with E-state index >= 15 is 0 Å². The fourth-order valence-corrected chi connectivity index (χ4v) is 4.28. The Hall–Kier alpha value is -3.52. The first kappa shape index (κ1) is 18.5. The molecule has 0 fully saturated rings. The van der Waals surface area contributed by atoms with E-state index in [1.165, 1.54) is 33.8 Å². The van der Waals surface area contributed by atoms with Crippen LogP contribution in [0, 0.1) is 6.67 Å². The molecule has 1 atom stereocenters. The summed E-state index contributed by atoms with van der Waals surface area (Å²) in [5.41, 5.74) is 7.56. The predicted molar refractivity (Wildman–Crippen MR) is 123 cm³/mol. The minimum absolute atomic E-state index is 0.139. The van der Waals surface area contributed by atoms with Crippen molar-refractivity contribution in [3.63, 3.8) is 0 Å². The van der Waals surface area contributed by atoms with Gasteiger partial charge in [0.15, 0.2) is 0 Å². The van der Waals surface area contributed by atoms with Crippen LogP contribution in [0.4, 0.5) is 5.69 Å². The van der Waals surface area contributed by atoms with E-state index in [-0.39, 0.29) is 6.04 Å². The van der Waals surface area contributed by atoms with Gasteiger partial charge in [-0.15, -0.1) is 0 Å². The molecule has 30 heavy (non-hydrogen) atoms. The number of hydrogen-bond donors (Lipinski definition) is 0. The van der Waals surface area contributed by atoms with Crippen LogP contribution in [0.25, 0.3) is 11.3 Å². The van der Waals surface area contributed by atoms with Crippen molar-refractivity contribution in [3.05, 3.63) is 127 Å². The maximum atomic E-state index is 2.39. The Bertz CT molecular complexity index is 1130. The third-order valence-corrected chi connectivity index (χ3v) is 5.90. The van der Waals surface area contributed by atoms with Gasteiger partial charge < -0.3 is 9.47 Å². The highest BCUT2D eigenvalue weighted by Crippen LogP contribution is 2.37. The molecule has 5 rings (SSSR count). The third-order valence-electron chi connectivity index (χ3n) is 5.90. The Labute approximate surface area is 179 Å². The molecule has 1 aliphatic rings. The van der Waals surface area contributed by atoms with Gasteiger partial charge in [0.25, 0.3) is 0 Å². The summed E-state index contributed by atoms with van der Waals surface area (Å²) in [6.45, 7) is 6.73. The van der Waals surface area contributed by atoms with E-state index in [4.69, 9.17) is 0 Å². The lowest BCUT2D eigenvalue weighted by Crippen LogP contribution is -2.36. The number of benzene rings is 3. The maximum absolute atomic E-state index is 2.39. The first-order valence-electron chi connectivity index (χ1n) is 10.6. The van der Waals surface area contributed by atoms with Crippen LogP contribution in [0.1, 0.15) is 42.6 Å². The van der Waals surface area contributed by atoms with Gasteiger partial charge in [-0.2, -0.15) is 0 Å². The van der Waals surface area contributed by atoms with Crippen molar-refractivity contribution in [1.29, 1.82) is 0 Å². The van der Waals surface area contributed by atoms with E-state index in [0.717, 1.165) is 0 Å². The molecule has 0 amide bonds. The fourth-order valence-electron chi connectivity index (χ4n) is 4.28. The van der Waals surface area contributed by atoms with Crippen molar-refractivity contribution >= 4 is 5.69 Å². The van der Waals surface area contributed by atoms with Crippen LogP contribution in [0.2, 0.25) is 0 Å². The van der Waals surface area contributed by atoms with Gasteiger partial charge in [-0.1, -0.05) is 92.7 Å². The summed E-state index contributed by atoms with van der Waals surface area (Å²) in [5, 5.41) is 0. The second-order valence-electron chi connectivity index (χ2n) is 8.15. The zero-order valence-corrected chi connectivity index (χ0v) is 17.4. The molecule has 0 bridgehead atoms. The van der Waals surface area contributed by atoms with Crippen molar-refractivity contribution < 1.29 is 4.57 Å². The van der Waals surface area contributed by atoms with Crippen LogP contribution in [-0.2, 0) is 0 Å². The second kappa shape index (κ2) is 7.72. The number of pyridine rings is 1. The first-order chi connectivity index (χ1) is 14.7. The summed E-state index contributed by atoms with van der Waals surface area (Å²) >= 11 is 0. The topological polar surface area (TPSA) is 7.12 Å². The summed E-state index contributed by atoms with van der Waals surface area (Å²) in [5.74, 6) is 0.530. The normalized spacial score (nSPS) is 15.2. The van der Waals surface area contributed by atoms with Crippen LogP contribution >= 0.6 is 0 Å². The molecule has 148 valence electrons. The fraction of sp³-hybridized carbons (Fsp3) is 0.143. The number of nitrogens with zero attached hydrogens (tertiary/aromatic N) is 2. The van der Waals surface area contributed by atoms with E-state index in [1.807, 2.05) is 0 Å². The molecule has 1 aliphatic heterocycles. The molecule has 1 unspecified atom stereocenters. The first-order valence-corrected chi connectivity index (χ1v) is 10.6. The summed E-state index contributed by atoms with van der Waals surface area (Å²) in [7, 11) is 0. The van der Waals surface area contributed by atoms with Gasteiger partial charge in [0.1, 0.15) is 18.1 Å². The zero-order valence-electron chi connectivity index (χ0n) is 17.4. The SMILES string of the molecule is CC(C)c1ccc(N2[CH-][n+]3c(-c4ccccc4)cccc3C2c2ccccc2)cc1. The number of aromatic nitrogens is 1. The van der Waals surface area contributed by atoms with Crippen molar-refractivity contribution in [1.82, 2.24) is 0 Å². The standard InChI is InChI=1S/C28H26N2/c1-21(2)22-16-18-25(19-17-22)29-20-30-26(23-10-5-3-6-11-23)14-9-15-27(30)28(29)24-12-7-4-8-13-24/h3-21,28H,1-2H3. The Morgan fingerprint density at radius 3 is 2.07 bits per heavy atom. The summed E-state index contributed by atoms with van der Waals surface area (Å²) in [6, 6.07) is 37.1. The molecule has 0 saturated carbocycles. The van der Waals surface area contributed by atoms with E-state index in [9.17, 15) is 0 Å². The zero-order chi connectivity index (χ0) is 20.5. The molecule has 0 spiro atoms. The Balaban J connectivity index is 1.64. The lowest BCUT2D eigenvalue weighted by Gasteiger charge is -2.26. The molecule has 2 nitrogen and oxygen atoms in total. The molecule has 0 aliphatic carbocycles. The van der Waals surface area contributed by atoms with Gasteiger partial charge >= 0.3 is 0 Å². The molecule has 4 aromatic rings. The van der Waals surface area contributed by atoms with Crippen molar-refractivity contribution in [3.8, 4) is 11.3 Å². The number of hydrogen-bond acceptors (Lipinski definition) is 1. The molecular formula is C28H26N2. The van der Waals surface area contributed by atoms with Gasteiger partial charge in [0.2, 0.25) is 0 Å². The van der Waals surface area contributed by atoms with Crippen LogP contribution < -0.4 is 9.47 Å². The van der Waals surface area contributed by atoms with Crippen LogP contribution in [0.3, 0.4) is 0 Å². The highest BCUT2D eigenvalue weighted by molar-refractivity contribution is 5.59. The average Bonchev–Trinajstić information content (AvgIpc) is 3.20. The lowest BCUT2D eigenvalue weighted by molar-refractivity contribution is -0.619. The Morgan fingerprint density at radius 2 is 1.40 bits per heavy atom. The highest BCUT2D eigenvalue weighted by atomic mass is 15.3. The van der Waals surface area contributed by atoms with E-state index in [1.54, 1.807) is 0 Å². The van der Waals surface area contributed by atoms with Gasteiger partial charge in [-0.25, -0.2) is 0 Å². The van der Waals surface area contributed by atoms with E-state index in [2.05, 4.69) is 133 Å². The summed E-state index contributed by atoms with van der Waals surface area (Å²) in [6.07, 6.45) is 0. The molecule has 0 N–H and O–H groups in total. The maximum Gasteiger partial charge on any atom is 0.145 e. The van der Waals surface area contributed by atoms with E-state index < -0.39 is 0 Å². The summed E-state index contributed by atoms with van der Waals surface area (Å²) < 4.78 is 2.34. The van der Waals surface area contributed by atoms with E-state index in [0.29, 0.717) is 5.92 Å². The third kappa shape index (κ3) is 3.25. The molecule has 2 heterocycles. The van der Waals surface area contributed by atoms with Gasteiger partial charge in [-0.05, 0) is 46.9 Å². The number of rotatable bonds is 4. The van der Waals surface area contributed by atoms with Gasteiger partial charge in [-0.3, -0.25) is 0 Å². The van der Waals surface area contributed by atoms with Crippen LogP contribution in [0.5, 0.6) is 0 Å². The van der Waals surface area contributed by atoms with Gasteiger partial charge in [0.05, 0.1) is 6.04 Å². The number of anilines is 1. The predicted octanol–water partition coefficient (Wildman–Crippen LogP) is 6.34. The monoisotopic (exact) mass is 390 g/mol. The van der Waals surface area contributed by atoms with Crippen molar-refractivity contribution in [2.45, 2.75) is 25.8 Å². The second-order valence-corrected chi connectivity index (χ2v) is 8.15. The molecule has 3 aromatic carbocycles. The largest absolute Gasteiger partial charge is 0.342 e. The molecule has 1 aromatic heterocycles. The van der Waals surface area contributed by atoms with Crippen LogP contribution in [0.15, 0.2) is 103 Å². The molecule has 0 saturated heterocycles. The summed E-state index contributed by atoms with van der Waals surface area (Å²) in [4.78, 5) is 2.39. The quantitative estimate of drug-likeness (QED) is 0.291. The Kier molecular flexibility index (Phi) is 4.76. The molecular weight excluding hydrogens is 364 g/mol. The number of fused-ring (bicyclic) bond motifs is 1.